The quantitative estimate of drug-likeness (QED) is 0.177. The number of sulfonamides is 1. The zero-order valence-electron chi connectivity index (χ0n) is 27.1. The van der Waals surface area contributed by atoms with E-state index in [1.807, 2.05) is 0 Å². The van der Waals surface area contributed by atoms with Crippen molar-refractivity contribution in [1.29, 1.82) is 0 Å². The molecule has 17 heteroatoms. The lowest BCUT2D eigenvalue weighted by molar-refractivity contribution is 0.189. The molecule has 0 unspecified atom stereocenters. The van der Waals surface area contributed by atoms with Gasteiger partial charge >= 0.3 is 6.09 Å². The first-order valence-corrected chi connectivity index (χ1v) is 17.3. The van der Waals surface area contributed by atoms with Crippen LogP contribution in [0.2, 0.25) is 5.02 Å². The normalized spacial score (nSPS) is 12.3. The molecular weight excluding hydrogens is 713 g/mol. The van der Waals surface area contributed by atoms with Crippen LogP contribution in [-0.2, 0) is 30.0 Å². The number of aromatic nitrogens is 4. The van der Waals surface area contributed by atoms with Gasteiger partial charge in [0.25, 0.3) is 5.56 Å². The molecule has 0 radical (unpaired) electrons. The van der Waals surface area contributed by atoms with E-state index in [0.29, 0.717) is 17.4 Å². The van der Waals surface area contributed by atoms with Crippen LogP contribution in [0.4, 0.5) is 23.8 Å². The number of anilines is 1. The van der Waals surface area contributed by atoms with E-state index in [0.717, 1.165) is 39.4 Å². The Morgan fingerprint density at radius 2 is 1.69 bits per heavy atom. The molecule has 51 heavy (non-hydrogen) atoms. The molecule has 2 heterocycles. The summed E-state index contributed by atoms with van der Waals surface area (Å²) >= 11 is 6.73. The lowest BCUT2D eigenvalue weighted by Crippen LogP contribution is -2.35. The Balaban J connectivity index is 1.63. The Morgan fingerprint density at radius 1 is 1.00 bits per heavy atom. The maximum atomic E-state index is 14.4. The molecule has 2 aromatic heterocycles. The summed E-state index contributed by atoms with van der Waals surface area (Å²) in [7, 11) is -1.01. The van der Waals surface area contributed by atoms with Crippen molar-refractivity contribution in [2.24, 2.45) is 7.05 Å². The molecule has 0 aliphatic heterocycles. The van der Waals surface area contributed by atoms with Crippen molar-refractivity contribution < 1.29 is 36.2 Å². The molecule has 2 N–H and O–H groups in total. The second kappa shape index (κ2) is 13.6. The van der Waals surface area contributed by atoms with Crippen LogP contribution in [0.5, 0.6) is 5.75 Å². The predicted molar refractivity (Wildman–Crippen MR) is 185 cm³/mol. The topological polar surface area (TPSA) is 149 Å². The number of halogens is 4. The molecule has 0 saturated heterocycles. The number of rotatable bonds is 10. The summed E-state index contributed by atoms with van der Waals surface area (Å²) < 4.78 is 78.0. The SMILES string of the molecule is COc1ccc(CN(c2nn(C)c3c(-n4c([C@H](Cc5cc(F)cc(F)c5)NC(=O)O)nc5cc(F)ccc5c4=O)ccc(Cl)c23)S(C)(=O)=O)cc1. The van der Waals surface area contributed by atoms with Gasteiger partial charge in [0, 0.05) is 25.6 Å². The Labute approximate surface area is 293 Å². The van der Waals surface area contributed by atoms with Gasteiger partial charge in [-0.25, -0.2) is 35.7 Å². The summed E-state index contributed by atoms with van der Waals surface area (Å²) in [6, 6.07) is 14.0. The van der Waals surface area contributed by atoms with E-state index in [1.165, 1.54) is 37.0 Å². The molecule has 12 nitrogen and oxygen atoms in total. The van der Waals surface area contributed by atoms with Gasteiger partial charge in [-0.3, -0.25) is 14.0 Å². The Bertz CT molecular complexity index is 2490. The van der Waals surface area contributed by atoms with Crippen LogP contribution in [-0.4, -0.2) is 52.3 Å². The van der Waals surface area contributed by atoms with Crippen LogP contribution in [0, 0.1) is 17.5 Å². The van der Waals surface area contributed by atoms with Crippen LogP contribution in [0.25, 0.3) is 27.5 Å². The fourth-order valence-corrected chi connectivity index (χ4v) is 6.96. The Hall–Kier alpha value is -5.61. The van der Waals surface area contributed by atoms with Gasteiger partial charge in [-0.2, -0.15) is 5.10 Å². The zero-order chi connectivity index (χ0) is 36.8. The molecule has 0 saturated carbocycles. The third kappa shape index (κ3) is 7.05. The lowest BCUT2D eigenvalue weighted by atomic mass is 10.0. The van der Waals surface area contributed by atoms with E-state index in [9.17, 15) is 36.3 Å². The maximum absolute atomic E-state index is 14.4. The summed E-state index contributed by atoms with van der Waals surface area (Å²) in [5.41, 5.74) is -0.0612. The monoisotopic (exact) mass is 740 g/mol. The van der Waals surface area contributed by atoms with E-state index < -0.39 is 45.2 Å². The van der Waals surface area contributed by atoms with Crippen LogP contribution in [0.1, 0.15) is 23.0 Å². The highest BCUT2D eigenvalue weighted by Gasteiger charge is 2.30. The molecule has 6 aromatic rings. The minimum atomic E-state index is -4.01. The second-order valence-electron chi connectivity index (χ2n) is 11.6. The molecule has 1 atom stereocenters. The summed E-state index contributed by atoms with van der Waals surface area (Å²) in [6.07, 6.45) is -0.935. The summed E-state index contributed by atoms with van der Waals surface area (Å²) in [5, 5.41) is 16.8. The van der Waals surface area contributed by atoms with Crippen LogP contribution in [0.15, 0.2) is 77.6 Å². The van der Waals surface area contributed by atoms with Gasteiger partial charge in [-0.1, -0.05) is 23.7 Å². The van der Waals surface area contributed by atoms with E-state index >= 15 is 0 Å². The minimum absolute atomic E-state index is 0.0257. The number of hydrogen-bond donors (Lipinski definition) is 2. The predicted octanol–water partition coefficient (Wildman–Crippen LogP) is 5.87. The Kier molecular flexibility index (Phi) is 9.39. The standard InChI is InChI=1S/C34H28ClF3N6O6S/c1-42-30-28(11-10-25(35)29(30)32(41-42)43(51(3,48)49)17-18-4-7-23(50-2)8-5-18)44-31(39-26-16-20(36)6-9-24(26)33(44)45)27(40-34(46)47)14-19-12-21(37)15-22(38)13-19/h4-13,15-16,27,40H,14,17H2,1-3H3,(H,46,47)/t27-/m0/s1. The van der Waals surface area contributed by atoms with Crippen molar-refractivity contribution in [1.82, 2.24) is 24.6 Å². The third-order valence-corrected chi connectivity index (χ3v) is 9.51. The van der Waals surface area contributed by atoms with Crippen LogP contribution >= 0.6 is 11.6 Å². The largest absolute Gasteiger partial charge is 0.497 e. The van der Waals surface area contributed by atoms with Gasteiger partial charge in [0.15, 0.2) is 5.82 Å². The van der Waals surface area contributed by atoms with Gasteiger partial charge < -0.3 is 15.2 Å². The Morgan fingerprint density at radius 3 is 2.31 bits per heavy atom. The van der Waals surface area contributed by atoms with Crippen molar-refractivity contribution in [2.75, 3.05) is 17.7 Å². The minimum Gasteiger partial charge on any atom is -0.497 e. The highest BCUT2D eigenvalue weighted by Crippen LogP contribution is 2.38. The zero-order valence-corrected chi connectivity index (χ0v) is 28.6. The number of nitrogens with one attached hydrogen (secondary N) is 1. The molecule has 1 amide bonds. The van der Waals surface area contributed by atoms with Gasteiger partial charge in [0.05, 0.1) is 58.5 Å². The van der Waals surface area contributed by atoms with Crippen molar-refractivity contribution in [2.45, 2.75) is 19.0 Å². The number of benzene rings is 4. The smallest absolute Gasteiger partial charge is 0.405 e. The first-order chi connectivity index (χ1) is 24.1. The molecular formula is C34H28ClF3N6O6S. The molecule has 4 aromatic carbocycles. The van der Waals surface area contributed by atoms with Crippen molar-refractivity contribution in [3.8, 4) is 11.4 Å². The van der Waals surface area contributed by atoms with Crippen molar-refractivity contribution in [3.05, 3.63) is 123 Å². The average molecular weight is 741 g/mol. The van der Waals surface area contributed by atoms with E-state index in [1.54, 1.807) is 24.3 Å². The first kappa shape index (κ1) is 35.2. The van der Waals surface area contributed by atoms with E-state index in [2.05, 4.69) is 15.4 Å². The molecule has 0 spiro atoms. The number of carbonyl (C=O) groups is 1. The number of nitrogens with zero attached hydrogens (tertiary/aromatic N) is 5. The maximum Gasteiger partial charge on any atom is 0.405 e. The van der Waals surface area contributed by atoms with Crippen LogP contribution < -0.4 is 19.9 Å². The number of aryl methyl sites for hydroxylation is 1. The molecule has 0 aliphatic carbocycles. The number of methoxy groups -OCH3 is 1. The highest BCUT2D eigenvalue weighted by atomic mass is 35.5. The molecule has 6 rings (SSSR count). The fraction of sp³-hybridized carbons (Fsp3) is 0.176. The van der Waals surface area contributed by atoms with Gasteiger partial charge in [-0.05, 0) is 59.7 Å². The summed E-state index contributed by atoms with van der Waals surface area (Å²) in [6.45, 7) is -0.154. The average Bonchev–Trinajstić information content (AvgIpc) is 3.40. The van der Waals surface area contributed by atoms with Crippen molar-refractivity contribution >= 4 is 55.3 Å². The molecule has 0 fully saturated rings. The first-order valence-electron chi connectivity index (χ1n) is 15.1. The molecule has 0 bridgehead atoms. The highest BCUT2D eigenvalue weighted by molar-refractivity contribution is 7.92. The molecule has 0 aliphatic rings. The van der Waals surface area contributed by atoms with Crippen LogP contribution in [0.3, 0.4) is 0 Å². The summed E-state index contributed by atoms with van der Waals surface area (Å²) in [5.74, 6) is -2.34. The van der Waals surface area contributed by atoms with Crippen molar-refractivity contribution in [3.63, 3.8) is 0 Å². The van der Waals surface area contributed by atoms with E-state index in [4.69, 9.17) is 16.3 Å². The number of ether oxygens (including phenoxy) is 1. The number of fused-ring (bicyclic) bond motifs is 2. The second-order valence-corrected chi connectivity index (χ2v) is 13.9. The number of amides is 1. The van der Waals surface area contributed by atoms with Gasteiger partial charge in [0.1, 0.15) is 29.0 Å². The van der Waals surface area contributed by atoms with E-state index in [-0.39, 0.29) is 62.7 Å². The summed E-state index contributed by atoms with van der Waals surface area (Å²) in [4.78, 5) is 31.0. The number of carboxylic acid groups (broad SMARTS) is 1. The lowest BCUT2D eigenvalue weighted by Gasteiger charge is -2.23. The molecule has 264 valence electrons. The fourth-order valence-electron chi connectivity index (χ4n) is 5.90. The number of hydrogen-bond acceptors (Lipinski definition) is 7. The van der Waals surface area contributed by atoms with Gasteiger partial charge in [-0.15, -0.1) is 0 Å². The third-order valence-electron chi connectivity index (χ3n) is 8.09. The van der Waals surface area contributed by atoms with Gasteiger partial charge in [0.2, 0.25) is 10.0 Å².